The zero-order valence-electron chi connectivity index (χ0n) is 22.8. The maximum absolute atomic E-state index is 13.3. The quantitative estimate of drug-likeness (QED) is 0.123. The lowest BCUT2D eigenvalue weighted by molar-refractivity contribution is -0.385. The van der Waals surface area contributed by atoms with Gasteiger partial charge in [0.15, 0.2) is 0 Å². The second kappa shape index (κ2) is 13.3. The Morgan fingerprint density at radius 2 is 1.50 bits per heavy atom. The summed E-state index contributed by atoms with van der Waals surface area (Å²) in [7, 11) is -3.95. The van der Waals surface area contributed by atoms with Crippen molar-refractivity contribution in [2.24, 2.45) is 5.10 Å². The summed E-state index contributed by atoms with van der Waals surface area (Å²) in [6, 6.07) is 28.6. The van der Waals surface area contributed by atoms with Crippen molar-refractivity contribution in [1.29, 1.82) is 0 Å². The number of hydrogen-bond donors (Lipinski definition) is 1. The van der Waals surface area contributed by atoms with E-state index in [0.717, 1.165) is 30.0 Å². The van der Waals surface area contributed by atoms with E-state index in [1.54, 1.807) is 18.2 Å². The average Bonchev–Trinajstić information content (AvgIpc) is 3.57. The van der Waals surface area contributed by atoms with E-state index in [2.05, 4.69) is 10.5 Å². The Morgan fingerprint density at radius 3 is 2.14 bits per heavy atom. The molecule has 1 heterocycles. The molecule has 0 bridgehead atoms. The molecular weight excluding hydrogens is 556 g/mol. The summed E-state index contributed by atoms with van der Waals surface area (Å²) in [5.74, 6) is 1.13. The van der Waals surface area contributed by atoms with Gasteiger partial charge in [-0.05, 0) is 42.2 Å². The molecule has 0 spiro atoms. The number of nitro groups is 1. The highest BCUT2D eigenvalue weighted by Crippen LogP contribution is 2.31. The molecule has 5 rings (SSSR count). The Hall–Kier alpha value is -4.74. The van der Waals surface area contributed by atoms with Crippen LogP contribution in [-0.4, -0.2) is 37.0 Å². The number of nitro benzene ring substituents is 1. The second-order valence-electron chi connectivity index (χ2n) is 9.67. The van der Waals surface area contributed by atoms with E-state index < -0.39 is 14.9 Å². The van der Waals surface area contributed by atoms with Gasteiger partial charge in [-0.1, -0.05) is 60.7 Å². The number of non-ortho nitro benzene ring substituents is 1. The van der Waals surface area contributed by atoms with Crippen molar-refractivity contribution in [3.8, 4) is 11.5 Å². The number of sulfonamides is 1. The Morgan fingerprint density at radius 1 is 0.857 bits per heavy atom. The molecule has 0 atom stereocenters. The molecule has 0 radical (unpaired) electrons. The predicted molar refractivity (Wildman–Crippen MR) is 160 cm³/mol. The first-order chi connectivity index (χ1) is 20.4. The number of benzene rings is 4. The fraction of sp³-hybridized carbons (Fsp3) is 0.194. The first kappa shape index (κ1) is 28.8. The fourth-order valence-corrected chi connectivity index (χ4v) is 6.16. The molecule has 1 N–H and O–H groups in total. The van der Waals surface area contributed by atoms with Gasteiger partial charge in [0.25, 0.3) is 5.69 Å². The maximum atomic E-state index is 13.3. The van der Waals surface area contributed by atoms with Gasteiger partial charge in [0.05, 0.1) is 16.8 Å². The first-order valence-corrected chi connectivity index (χ1v) is 14.9. The molecule has 1 aliphatic rings. The van der Waals surface area contributed by atoms with Crippen LogP contribution < -0.4 is 14.9 Å². The summed E-state index contributed by atoms with van der Waals surface area (Å²) in [5.41, 5.74) is 5.23. The predicted octanol–water partition coefficient (Wildman–Crippen LogP) is 5.98. The zero-order chi connectivity index (χ0) is 29.4. The van der Waals surface area contributed by atoms with Crippen molar-refractivity contribution in [3.05, 3.63) is 124 Å². The van der Waals surface area contributed by atoms with Gasteiger partial charge in [0.2, 0.25) is 10.0 Å². The number of anilines is 1. The smallest absolute Gasteiger partial charge is 0.270 e. The van der Waals surface area contributed by atoms with Crippen LogP contribution in [0, 0.1) is 10.1 Å². The van der Waals surface area contributed by atoms with Crippen molar-refractivity contribution >= 4 is 27.6 Å². The van der Waals surface area contributed by atoms with Gasteiger partial charge in [-0.15, -0.1) is 0 Å². The van der Waals surface area contributed by atoms with Gasteiger partial charge < -0.3 is 9.47 Å². The third kappa shape index (κ3) is 7.12. The van der Waals surface area contributed by atoms with Gasteiger partial charge in [0, 0.05) is 36.9 Å². The Bertz CT molecular complexity index is 1660. The number of nitrogens with one attached hydrogen (secondary N) is 1. The molecule has 10 nitrogen and oxygen atoms in total. The van der Waals surface area contributed by atoms with Gasteiger partial charge in [-0.25, -0.2) is 8.42 Å². The van der Waals surface area contributed by atoms with Gasteiger partial charge in [-0.2, -0.15) is 9.41 Å². The maximum Gasteiger partial charge on any atom is 0.270 e. The van der Waals surface area contributed by atoms with Crippen LogP contribution >= 0.6 is 0 Å². The SMILES string of the molecule is O=[N+]([O-])c1ccc(N/N=C\c2ccc(OCc3ccccc3)cc2OCc2ccccc2)c(S(=O)(=O)N2CCCC2)c1. The van der Waals surface area contributed by atoms with Crippen LogP contribution in [0.3, 0.4) is 0 Å². The standard InChI is InChI=1S/C31H30N4O6S/c36-35(37)27-14-16-29(31(19-27)42(38,39)34-17-7-8-18-34)33-32-21-26-13-15-28(40-22-24-9-3-1-4-10-24)20-30(26)41-23-25-11-5-2-6-12-25/h1-6,9-16,19-21,33H,7-8,17-18,22-23H2/b32-21-. The van der Waals surface area contributed by atoms with E-state index in [4.69, 9.17) is 9.47 Å². The lowest BCUT2D eigenvalue weighted by atomic mass is 10.2. The molecule has 1 fully saturated rings. The van der Waals surface area contributed by atoms with E-state index in [1.807, 2.05) is 60.7 Å². The van der Waals surface area contributed by atoms with Crippen LogP contribution in [-0.2, 0) is 23.2 Å². The summed E-state index contributed by atoms with van der Waals surface area (Å²) < 4.78 is 40.1. The minimum Gasteiger partial charge on any atom is -0.489 e. The molecule has 0 unspecified atom stereocenters. The van der Waals surface area contributed by atoms with Gasteiger partial charge in [0.1, 0.15) is 29.6 Å². The highest BCUT2D eigenvalue weighted by Gasteiger charge is 2.31. The van der Waals surface area contributed by atoms with Crippen LogP contribution in [0.15, 0.2) is 107 Å². The normalized spacial score (nSPS) is 13.7. The van der Waals surface area contributed by atoms with E-state index in [0.29, 0.717) is 43.4 Å². The van der Waals surface area contributed by atoms with Crippen molar-refractivity contribution in [3.63, 3.8) is 0 Å². The van der Waals surface area contributed by atoms with Crippen LogP contribution in [0.25, 0.3) is 0 Å². The summed E-state index contributed by atoms with van der Waals surface area (Å²) in [4.78, 5) is 10.6. The minimum absolute atomic E-state index is 0.137. The van der Waals surface area contributed by atoms with Crippen molar-refractivity contribution < 1.29 is 22.8 Å². The molecule has 0 aromatic heterocycles. The topological polar surface area (TPSA) is 123 Å². The number of hydrogen-bond acceptors (Lipinski definition) is 8. The summed E-state index contributed by atoms with van der Waals surface area (Å²) >= 11 is 0. The molecule has 1 aliphatic heterocycles. The lowest BCUT2D eigenvalue weighted by Gasteiger charge is -2.17. The summed E-state index contributed by atoms with van der Waals surface area (Å²) in [5, 5.41) is 15.7. The zero-order valence-corrected chi connectivity index (χ0v) is 23.6. The minimum atomic E-state index is -3.95. The molecular formula is C31H30N4O6S. The summed E-state index contributed by atoms with van der Waals surface area (Å²) in [6.07, 6.45) is 2.99. The fourth-order valence-electron chi connectivity index (χ4n) is 4.48. The van der Waals surface area contributed by atoms with Gasteiger partial charge in [-0.3, -0.25) is 15.5 Å². The second-order valence-corrected chi connectivity index (χ2v) is 11.6. The third-order valence-corrected chi connectivity index (χ3v) is 8.66. The molecule has 4 aromatic carbocycles. The highest BCUT2D eigenvalue weighted by molar-refractivity contribution is 7.89. The monoisotopic (exact) mass is 586 g/mol. The van der Waals surface area contributed by atoms with E-state index >= 15 is 0 Å². The number of nitrogens with zero attached hydrogens (tertiary/aromatic N) is 3. The van der Waals surface area contributed by atoms with Crippen molar-refractivity contribution in [2.45, 2.75) is 31.0 Å². The molecule has 0 amide bonds. The highest BCUT2D eigenvalue weighted by atomic mass is 32.2. The van der Waals surface area contributed by atoms with E-state index in [-0.39, 0.29) is 16.3 Å². The Balaban J connectivity index is 1.39. The van der Waals surface area contributed by atoms with Crippen LogP contribution in [0.2, 0.25) is 0 Å². The number of rotatable bonds is 12. The molecule has 0 aliphatic carbocycles. The van der Waals surface area contributed by atoms with Crippen LogP contribution in [0.4, 0.5) is 11.4 Å². The van der Waals surface area contributed by atoms with Crippen LogP contribution in [0.1, 0.15) is 29.5 Å². The van der Waals surface area contributed by atoms with Crippen LogP contribution in [0.5, 0.6) is 11.5 Å². The molecule has 4 aromatic rings. The third-order valence-electron chi connectivity index (χ3n) is 6.72. The number of hydrazone groups is 1. The van der Waals surface area contributed by atoms with E-state index in [1.165, 1.54) is 22.7 Å². The molecule has 1 saturated heterocycles. The van der Waals surface area contributed by atoms with Crippen molar-refractivity contribution in [1.82, 2.24) is 4.31 Å². The molecule has 216 valence electrons. The first-order valence-electron chi connectivity index (χ1n) is 13.5. The Kier molecular flexibility index (Phi) is 9.10. The van der Waals surface area contributed by atoms with E-state index in [9.17, 15) is 18.5 Å². The molecule has 11 heteroatoms. The average molecular weight is 587 g/mol. The van der Waals surface area contributed by atoms with Crippen molar-refractivity contribution in [2.75, 3.05) is 18.5 Å². The lowest BCUT2D eigenvalue weighted by Crippen LogP contribution is -2.28. The van der Waals surface area contributed by atoms with Gasteiger partial charge >= 0.3 is 0 Å². The molecule has 0 saturated carbocycles. The molecule has 42 heavy (non-hydrogen) atoms. The number of ether oxygens (including phenoxy) is 2. The largest absolute Gasteiger partial charge is 0.489 e. The Labute approximate surface area is 244 Å². The summed E-state index contributed by atoms with van der Waals surface area (Å²) in [6.45, 7) is 1.45.